The van der Waals surface area contributed by atoms with E-state index >= 15 is 0 Å². The molecule has 0 saturated carbocycles. The average molecular weight is 575 g/mol. The van der Waals surface area contributed by atoms with Crippen LogP contribution in [-0.4, -0.2) is 66.4 Å². The zero-order valence-electron chi connectivity index (χ0n) is 19.2. The highest BCUT2D eigenvalue weighted by Gasteiger charge is 2.29. The number of carbonyl (C=O) groups is 3. The van der Waals surface area contributed by atoms with Crippen LogP contribution in [0.5, 0.6) is 0 Å². The second-order valence-electron chi connectivity index (χ2n) is 8.07. The van der Waals surface area contributed by atoms with Gasteiger partial charge in [0, 0.05) is 17.1 Å². The van der Waals surface area contributed by atoms with Gasteiger partial charge in [0.15, 0.2) is 14.6 Å². The molecule has 0 spiro atoms. The number of aromatic nitrogens is 1. The normalized spacial score (nSPS) is 17.2. The minimum atomic E-state index is -4.00. The number of benzene rings is 1. The van der Waals surface area contributed by atoms with Gasteiger partial charge in [0.05, 0.1) is 16.8 Å². The maximum Gasteiger partial charge on any atom is 0.326 e. The Morgan fingerprint density at radius 1 is 1.21 bits per heavy atom. The van der Waals surface area contributed by atoms with E-state index in [2.05, 4.69) is 20.9 Å². The maximum atomic E-state index is 12.7. The summed E-state index contributed by atoms with van der Waals surface area (Å²) in [6.45, 7) is 4.25. The third-order valence-corrected chi connectivity index (χ3v) is 8.47. The first-order chi connectivity index (χ1) is 16.1. The molecule has 9 nitrogen and oxygen atoms in total. The van der Waals surface area contributed by atoms with Gasteiger partial charge in [-0.3, -0.25) is 14.4 Å². The molecular formula is C22H28BrN3O6S2. The third-order valence-electron chi connectivity index (χ3n) is 5.56. The van der Waals surface area contributed by atoms with E-state index in [-0.39, 0.29) is 24.0 Å². The number of esters is 1. The van der Waals surface area contributed by atoms with Crippen molar-refractivity contribution in [3.05, 3.63) is 27.5 Å². The molecule has 1 aromatic carbocycles. The zero-order valence-corrected chi connectivity index (χ0v) is 22.4. The van der Waals surface area contributed by atoms with E-state index < -0.39 is 39.1 Å². The molecule has 186 valence electrons. The molecular weight excluding hydrogens is 546 g/mol. The van der Waals surface area contributed by atoms with Crippen LogP contribution in [0.25, 0.3) is 10.2 Å². The molecule has 0 N–H and O–H groups in total. The SMILES string of the molecule is CCOC(=O)Cn1c(=NC(=O)CS(=O)(=O)CC(=O)N2CCCCC2CC)sc2cc(Br)ccc21. The molecule has 1 aromatic heterocycles. The summed E-state index contributed by atoms with van der Waals surface area (Å²) < 4.78 is 33.4. The molecule has 1 atom stereocenters. The lowest BCUT2D eigenvalue weighted by atomic mass is 10.0. The Balaban J connectivity index is 1.82. The first-order valence-corrected chi connectivity index (χ1v) is 14.6. The molecule has 1 saturated heterocycles. The van der Waals surface area contributed by atoms with Gasteiger partial charge >= 0.3 is 5.97 Å². The van der Waals surface area contributed by atoms with Gasteiger partial charge in [0.2, 0.25) is 5.91 Å². The number of sulfone groups is 1. The molecule has 2 aromatic rings. The number of thiazole rings is 1. The summed E-state index contributed by atoms with van der Waals surface area (Å²) in [7, 11) is -4.00. The smallest absolute Gasteiger partial charge is 0.326 e. The van der Waals surface area contributed by atoms with Crippen LogP contribution in [0.3, 0.4) is 0 Å². The van der Waals surface area contributed by atoms with E-state index in [4.69, 9.17) is 4.74 Å². The standard InChI is InChI=1S/C22H28BrN3O6S2/c1-3-16-7-5-6-10-25(16)20(28)14-34(30,31)13-19(27)24-22-26(12-21(29)32-4-2)17-9-8-15(23)11-18(17)33-22/h8-9,11,16H,3-7,10,12-14H2,1-2H3. The van der Waals surface area contributed by atoms with Crippen molar-refractivity contribution in [2.24, 2.45) is 4.99 Å². The Kier molecular flexibility index (Phi) is 9.05. The lowest BCUT2D eigenvalue weighted by molar-refractivity contribution is -0.143. The maximum absolute atomic E-state index is 12.7. The Bertz CT molecular complexity index is 1250. The van der Waals surface area contributed by atoms with Crippen LogP contribution < -0.4 is 4.80 Å². The number of hydrogen-bond acceptors (Lipinski definition) is 7. The van der Waals surface area contributed by atoms with Gasteiger partial charge in [-0.15, -0.1) is 0 Å². The number of nitrogens with zero attached hydrogens (tertiary/aromatic N) is 3. The average Bonchev–Trinajstić information content (AvgIpc) is 3.08. The molecule has 1 aliphatic heterocycles. The summed E-state index contributed by atoms with van der Waals surface area (Å²) in [5.41, 5.74) is 0.668. The van der Waals surface area contributed by atoms with Gasteiger partial charge in [-0.05, 0) is 50.8 Å². The Hall–Kier alpha value is -2.05. The first-order valence-electron chi connectivity index (χ1n) is 11.2. The molecule has 1 aliphatic rings. The van der Waals surface area contributed by atoms with Crippen molar-refractivity contribution < 1.29 is 27.5 Å². The quantitative estimate of drug-likeness (QED) is 0.448. The molecule has 34 heavy (non-hydrogen) atoms. The van der Waals surface area contributed by atoms with Crippen LogP contribution in [0, 0.1) is 0 Å². The van der Waals surface area contributed by atoms with E-state index in [0.717, 1.165) is 46.2 Å². The van der Waals surface area contributed by atoms with Crippen molar-refractivity contribution in [3.8, 4) is 0 Å². The van der Waals surface area contributed by atoms with Crippen molar-refractivity contribution in [1.82, 2.24) is 9.47 Å². The fourth-order valence-electron chi connectivity index (χ4n) is 4.02. The zero-order chi connectivity index (χ0) is 24.9. The Labute approximate surface area is 210 Å². The van der Waals surface area contributed by atoms with Crippen LogP contribution in [0.4, 0.5) is 0 Å². The lowest BCUT2D eigenvalue weighted by Crippen LogP contribution is -2.46. The predicted molar refractivity (Wildman–Crippen MR) is 133 cm³/mol. The number of rotatable bonds is 8. The summed E-state index contributed by atoms with van der Waals surface area (Å²) in [6.07, 6.45) is 3.49. The van der Waals surface area contributed by atoms with Crippen molar-refractivity contribution in [2.45, 2.75) is 52.1 Å². The molecule has 2 amide bonds. The number of piperidine rings is 1. The van der Waals surface area contributed by atoms with Gasteiger partial charge in [-0.25, -0.2) is 8.42 Å². The minimum absolute atomic E-state index is 0.0385. The highest BCUT2D eigenvalue weighted by Crippen LogP contribution is 2.23. The summed E-state index contributed by atoms with van der Waals surface area (Å²) in [5, 5.41) is 0. The summed E-state index contributed by atoms with van der Waals surface area (Å²) in [4.78, 5) is 43.2. The van der Waals surface area contributed by atoms with Crippen molar-refractivity contribution in [2.75, 3.05) is 24.7 Å². The molecule has 1 unspecified atom stereocenters. The molecule has 1 fully saturated rings. The van der Waals surface area contributed by atoms with Gasteiger partial charge in [0.1, 0.15) is 18.1 Å². The van der Waals surface area contributed by atoms with E-state index in [9.17, 15) is 22.8 Å². The lowest BCUT2D eigenvalue weighted by Gasteiger charge is -2.35. The first kappa shape index (κ1) is 26.6. The summed E-state index contributed by atoms with van der Waals surface area (Å²) >= 11 is 4.55. The molecule has 2 heterocycles. The Morgan fingerprint density at radius 3 is 2.68 bits per heavy atom. The second-order valence-corrected chi connectivity index (χ2v) is 12.1. The van der Waals surface area contributed by atoms with Crippen LogP contribution in [0.15, 0.2) is 27.7 Å². The minimum Gasteiger partial charge on any atom is -0.465 e. The number of amides is 2. The van der Waals surface area contributed by atoms with E-state index in [1.165, 1.54) is 4.57 Å². The fourth-order valence-corrected chi connectivity index (χ4v) is 6.71. The van der Waals surface area contributed by atoms with Crippen molar-refractivity contribution in [3.63, 3.8) is 0 Å². The third kappa shape index (κ3) is 6.76. The van der Waals surface area contributed by atoms with Gasteiger partial charge in [-0.2, -0.15) is 4.99 Å². The van der Waals surface area contributed by atoms with Crippen LogP contribution in [-0.2, 0) is 35.5 Å². The van der Waals surface area contributed by atoms with Gasteiger partial charge in [0.25, 0.3) is 5.91 Å². The number of hydrogen-bond donors (Lipinski definition) is 0. The molecule has 0 aliphatic carbocycles. The van der Waals surface area contributed by atoms with Gasteiger partial charge in [-0.1, -0.05) is 34.2 Å². The molecule has 12 heteroatoms. The van der Waals surface area contributed by atoms with Crippen LogP contribution in [0.1, 0.15) is 39.5 Å². The van der Waals surface area contributed by atoms with Crippen molar-refractivity contribution >= 4 is 65.1 Å². The second kappa shape index (κ2) is 11.6. The highest BCUT2D eigenvalue weighted by molar-refractivity contribution is 9.10. The number of ether oxygens (including phenoxy) is 1. The van der Waals surface area contributed by atoms with E-state index in [1.54, 1.807) is 24.0 Å². The number of halogens is 1. The summed E-state index contributed by atoms with van der Waals surface area (Å²) in [6, 6.07) is 5.43. The molecule has 0 radical (unpaired) electrons. The Morgan fingerprint density at radius 2 is 1.97 bits per heavy atom. The fraction of sp³-hybridized carbons (Fsp3) is 0.545. The van der Waals surface area contributed by atoms with Crippen molar-refractivity contribution in [1.29, 1.82) is 0 Å². The summed E-state index contributed by atoms with van der Waals surface area (Å²) in [5.74, 6) is -3.44. The van der Waals surface area contributed by atoms with Crippen LogP contribution >= 0.6 is 27.3 Å². The highest BCUT2D eigenvalue weighted by atomic mass is 79.9. The van der Waals surface area contributed by atoms with Crippen LogP contribution in [0.2, 0.25) is 0 Å². The molecule has 0 bridgehead atoms. The number of carbonyl (C=O) groups excluding carboxylic acids is 3. The van der Waals surface area contributed by atoms with E-state index in [1.807, 2.05) is 13.0 Å². The monoisotopic (exact) mass is 573 g/mol. The number of fused-ring (bicyclic) bond motifs is 1. The molecule has 3 rings (SSSR count). The van der Waals surface area contributed by atoms with E-state index in [0.29, 0.717) is 12.1 Å². The topological polar surface area (TPSA) is 115 Å². The predicted octanol–water partition coefficient (Wildman–Crippen LogP) is 2.66. The number of likely N-dealkylation sites (tertiary alicyclic amines) is 1. The largest absolute Gasteiger partial charge is 0.465 e. The van der Waals surface area contributed by atoms with Gasteiger partial charge < -0.3 is 14.2 Å².